The molecule has 0 spiro atoms. The predicted molar refractivity (Wildman–Crippen MR) is 74.1 cm³/mol. The number of amides is 1. The average Bonchev–Trinajstić information content (AvgIpc) is 3.11. The fraction of sp³-hybridized carbons (Fsp3) is 0.933. The zero-order valence-electron chi connectivity index (χ0n) is 12.3. The first-order valence-corrected chi connectivity index (χ1v) is 7.56. The summed E-state index contributed by atoms with van der Waals surface area (Å²) < 4.78 is 0. The monoisotopic (exact) mass is 252 g/mol. The van der Waals surface area contributed by atoms with Crippen LogP contribution in [0.15, 0.2) is 0 Å². The van der Waals surface area contributed by atoms with E-state index in [1.54, 1.807) is 0 Å². The quantitative estimate of drug-likeness (QED) is 0.788. The van der Waals surface area contributed by atoms with Crippen LogP contribution in [0.4, 0.5) is 0 Å². The Bertz CT molecular complexity index is 312. The molecule has 3 heteroatoms. The normalized spacial score (nSPS) is 32.6. The minimum Gasteiger partial charge on any atom is -0.325 e. The van der Waals surface area contributed by atoms with Gasteiger partial charge in [0.05, 0.1) is 11.7 Å². The molecule has 0 aromatic carbocycles. The van der Waals surface area contributed by atoms with Crippen LogP contribution in [-0.2, 0) is 4.79 Å². The molecule has 2 rings (SSSR count). The van der Waals surface area contributed by atoms with Crippen molar-refractivity contribution in [2.75, 3.05) is 6.54 Å². The molecule has 0 radical (unpaired) electrons. The number of carbonyl (C=O) groups is 1. The van der Waals surface area contributed by atoms with Crippen molar-refractivity contribution < 1.29 is 4.79 Å². The molecule has 2 fully saturated rings. The second-order valence-corrected chi connectivity index (χ2v) is 6.60. The van der Waals surface area contributed by atoms with Crippen molar-refractivity contribution in [1.82, 2.24) is 10.2 Å². The molecule has 18 heavy (non-hydrogen) atoms. The Labute approximate surface area is 111 Å². The Hall–Kier alpha value is -0.570. The van der Waals surface area contributed by atoms with Crippen LogP contribution in [0.5, 0.6) is 0 Å². The first kappa shape index (κ1) is 13.9. The van der Waals surface area contributed by atoms with Gasteiger partial charge < -0.3 is 4.90 Å². The molecule has 1 aliphatic carbocycles. The highest BCUT2D eigenvalue weighted by Gasteiger charge is 2.47. The molecule has 2 atom stereocenters. The summed E-state index contributed by atoms with van der Waals surface area (Å²) >= 11 is 0. The maximum Gasteiger partial charge on any atom is 0.243 e. The summed E-state index contributed by atoms with van der Waals surface area (Å²) in [5.41, 5.74) is -0.339. The predicted octanol–water partition coefficient (Wildman–Crippen LogP) is 2.76. The molecular weight excluding hydrogens is 224 g/mol. The molecule has 0 bridgehead atoms. The lowest BCUT2D eigenvalue weighted by Gasteiger charge is -2.27. The smallest absolute Gasteiger partial charge is 0.243 e. The fourth-order valence-electron chi connectivity index (χ4n) is 2.89. The summed E-state index contributed by atoms with van der Waals surface area (Å²) in [6.07, 6.45) is 6.38. The van der Waals surface area contributed by atoms with Crippen molar-refractivity contribution in [2.45, 2.75) is 71.5 Å². The summed E-state index contributed by atoms with van der Waals surface area (Å²) in [7, 11) is 0. The van der Waals surface area contributed by atoms with Crippen LogP contribution < -0.4 is 5.32 Å². The number of rotatable bonds is 6. The third kappa shape index (κ3) is 2.71. The Kier molecular flexibility index (Phi) is 4.00. The van der Waals surface area contributed by atoms with Gasteiger partial charge in [0.25, 0.3) is 0 Å². The van der Waals surface area contributed by atoms with Gasteiger partial charge in [-0.25, -0.2) is 0 Å². The van der Waals surface area contributed by atoms with Gasteiger partial charge in [-0.1, -0.05) is 33.6 Å². The van der Waals surface area contributed by atoms with E-state index in [1.165, 1.54) is 25.7 Å². The largest absolute Gasteiger partial charge is 0.325 e. The van der Waals surface area contributed by atoms with Crippen molar-refractivity contribution >= 4 is 5.91 Å². The van der Waals surface area contributed by atoms with Gasteiger partial charge in [-0.3, -0.25) is 10.1 Å². The molecule has 2 unspecified atom stereocenters. The zero-order chi connectivity index (χ0) is 13.3. The van der Waals surface area contributed by atoms with E-state index >= 15 is 0 Å². The van der Waals surface area contributed by atoms with Gasteiger partial charge in [0, 0.05) is 6.54 Å². The molecule has 0 aromatic heterocycles. The lowest BCUT2D eigenvalue weighted by molar-refractivity contribution is -0.133. The van der Waals surface area contributed by atoms with Gasteiger partial charge in [-0.15, -0.1) is 0 Å². The SMILES string of the molecule is CCC1(C)NC(C(C)C)N(CCCC2CC2)C1=O. The second kappa shape index (κ2) is 5.20. The summed E-state index contributed by atoms with van der Waals surface area (Å²) in [6, 6.07) is 0. The van der Waals surface area contributed by atoms with Crippen molar-refractivity contribution in [2.24, 2.45) is 11.8 Å². The molecule has 1 amide bonds. The van der Waals surface area contributed by atoms with Gasteiger partial charge in [0.1, 0.15) is 0 Å². The van der Waals surface area contributed by atoms with Crippen LogP contribution in [0.1, 0.15) is 59.8 Å². The van der Waals surface area contributed by atoms with Gasteiger partial charge >= 0.3 is 0 Å². The minimum absolute atomic E-state index is 0.224. The van der Waals surface area contributed by atoms with Crippen molar-refractivity contribution in [1.29, 1.82) is 0 Å². The van der Waals surface area contributed by atoms with Crippen molar-refractivity contribution in [3.05, 3.63) is 0 Å². The van der Waals surface area contributed by atoms with Crippen LogP contribution in [0.25, 0.3) is 0 Å². The molecule has 1 saturated heterocycles. The maximum absolute atomic E-state index is 12.5. The lowest BCUT2D eigenvalue weighted by Crippen LogP contribution is -2.45. The molecule has 0 aromatic rings. The molecular formula is C15H28N2O. The van der Waals surface area contributed by atoms with Crippen LogP contribution in [0.2, 0.25) is 0 Å². The van der Waals surface area contributed by atoms with E-state index in [2.05, 4.69) is 31.0 Å². The highest BCUT2D eigenvalue weighted by atomic mass is 16.2. The van der Waals surface area contributed by atoms with E-state index in [0.29, 0.717) is 11.8 Å². The van der Waals surface area contributed by atoms with E-state index in [-0.39, 0.29) is 11.7 Å². The van der Waals surface area contributed by atoms with E-state index in [1.807, 2.05) is 6.92 Å². The zero-order valence-corrected chi connectivity index (χ0v) is 12.3. The summed E-state index contributed by atoms with van der Waals surface area (Å²) in [5, 5.41) is 3.55. The van der Waals surface area contributed by atoms with Gasteiger partial charge in [-0.05, 0) is 38.0 Å². The summed E-state index contributed by atoms with van der Waals surface area (Å²) in [4.78, 5) is 14.6. The van der Waals surface area contributed by atoms with Crippen LogP contribution in [-0.4, -0.2) is 29.1 Å². The number of hydrogen-bond donors (Lipinski definition) is 1. The van der Waals surface area contributed by atoms with E-state index in [9.17, 15) is 4.79 Å². The molecule has 3 nitrogen and oxygen atoms in total. The maximum atomic E-state index is 12.5. The molecule has 1 N–H and O–H groups in total. The topological polar surface area (TPSA) is 32.3 Å². The Morgan fingerprint density at radius 1 is 1.44 bits per heavy atom. The average molecular weight is 252 g/mol. The Morgan fingerprint density at radius 2 is 2.11 bits per heavy atom. The third-order valence-corrected chi connectivity index (χ3v) is 4.58. The minimum atomic E-state index is -0.339. The van der Waals surface area contributed by atoms with E-state index in [4.69, 9.17) is 0 Å². The van der Waals surface area contributed by atoms with E-state index < -0.39 is 0 Å². The van der Waals surface area contributed by atoms with Crippen molar-refractivity contribution in [3.63, 3.8) is 0 Å². The third-order valence-electron chi connectivity index (χ3n) is 4.58. The van der Waals surface area contributed by atoms with E-state index in [0.717, 1.165) is 18.9 Å². The van der Waals surface area contributed by atoms with Gasteiger partial charge in [0.15, 0.2) is 0 Å². The first-order chi connectivity index (χ1) is 8.48. The first-order valence-electron chi connectivity index (χ1n) is 7.56. The second-order valence-electron chi connectivity index (χ2n) is 6.60. The van der Waals surface area contributed by atoms with Crippen LogP contribution in [0, 0.1) is 11.8 Å². The van der Waals surface area contributed by atoms with Gasteiger partial charge in [-0.2, -0.15) is 0 Å². The number of hydrogen-bond acceptors (Lipinski definition) is 2. The standard InChI is InChI=1S/C15H28N2O/c1-5-15(4)14(18)17(13(16-15)11(2)3)10-6-7-12-8-9-12/h11-13,16H,5-10H2,1-4H3. The van der Waals surface area contributed by atoms with Crippen LogP contribution in [0.3, 0.4) is 0 Å². The number of nitrogens with one attached hydrogen (secondary N) is 1. The number of carbonyl (C=O) groups excluding carboxylic acids is 1. The molecule has 1 aliphatic heterocycles. The van der Waals surface area contributed by atoms with Gasteiger partial charge in [0.2, 0.25) is 5.91 Å². The number of nitrogens with zero attached hydrogens (tertiary/aromatic N) is 1. The lowest BCUT2D eigenvalue weighted by atomic mass is 9.99. The summed E-state index contributed by atoms with van der Waals surface area (Å²) in [5.74, 6) is 1.74. The Balaban J connectivity index is 1.96. The highest BCUT2D eigenvalue weighted by Crippen LogP contribution is 2.34. The molecule has 1 heterocycles. The fourth-order valence-corrected chi connectivity index (χ4v) is 2.89. The molecule has 104 valence electrons. The van der Waals surface area contributed by atoms with Crippen molar-refractivity contribution in [3.8, 4) is 0 Å². The van der Waals surface area contributed by atoms with Crippen LogP contribution >= 0.6 is 0 Å². The molecule has 2 aliphatic rings. The Morgan fingerprint density at radius 3 is 2.61 bits per heavy atom. The summed E-state index contributed by atoms with van der Waals surface area (Å²) in [6.45, 7) is 9.46. The highest BCUT2D eigenvalue weighted by molar-refractivity contribution is 5.88. The molecule has 1 saturated carbocycles.